The maximum absolute atomic E-state index is 11.6. The molecule has 0 aliphatic carbocycles. The quantitative estimate of drug-likeness (QED) is 0.0947. The Hall–Kier alpha value is -1.33. The summed E-state index contributed by atoms with van der Waals surface area (Å²) in [6.45, 7) is -2.30. The van der Waals surface area contributed by atoms with E-state index in [1.54, 1.807) is 0 Å². The van der Waals surface area contributed by atoms with Crippen molar-refractivity contribution in [1.82, 2.24) is 5.32 Å². The Morgan fingerprint density at radius 2 is 0.854 bits per heavy atom. The molecule has 4 aliphatic rings. The Bertz CT molecular complexity index is 1020. The lowest BCUT2D eigenvalue weighted by atomic mass is 9.95. The molecule has 0 saturated carbocycles. The lowest BCUT2D eigenvalue weighted by Crippen LogP contribution is -2.68. The van der Waals surface area contributed by atoms with Crippen LogP contribution in [0.15, 0.2) is 0 Å². The van der Waals surface area contributed by atoms with Gasteiger partial charge >= 0.3 is 0 Å². The van der Waals surface area contributed by atoms with Crippen molar-refractivity contribution in [2.75, 3.05) is 26.4 Å². The number of amides is 1. The molecule has 4 heterocycles. The average Bonchev–Trinajstić information content (AvgIpc) is 3.06. The Labute approximate surface area is 272 Å². The van der Waals surface area contributed by atoms with Crippen LogP contribution < -0.4 is 5.32 Å². The maximum Gasteiger partial charge on any atom is 0.217 e. The lowest BCUT2D eigenvalue weighted by molar-refractivity contribution is -0.385. The molecule has 0 unspecified atom stereocenters. The molecule has 0 aromatic rings. The Balaban J connectivity index is 1.44. The second-order valence-electron chi connectivity index (χ2n) is 11.9. The van der Waals surface area contributed by atoms with E-state index in [9.17, 15) is 71.2 Å². The van der Waals surface area contributed by atoms with Crippen molar-refractivity contribution < 1.29 is 104 Å². The summed E-state index contributed by atoms with van der Waals surface area (Å²) >= 11 is 0. The van der Waals surface area contributed by atoms with Crippen molar-refractivity contribution in [2.24, 2.45) is 0 Å². The maximum atomic E-state index is 11.6. The van der Waals surface area contributed by atoms with Crippen molar-refractivity contribution in [3.8, 4) is 0 Å². The highest BCUT2D eigenvalue weighted by Crippen LogP contribution is 2.34. The number of rotatable bonds is 11. The SMILES string of the molecule is CC(=O)N[C@@H]1[C@@H](O)[C@H](O[C@@H]2O[C@H](CO)[C@H](O[C@@H]3O[C@H](CO)[C@H](O[C@H]4O[C@H](CO)[C@H](O)[C@H](O)[C@H]4O)[C@H](O)[C@H]3O)[C@H](O)[C@H]2O)[C@@H](CO)O[C@H]1O. The van der Waals surface area contributed by atoms with Crippen molar-refractivity contribution in [3.05, 3.63) is 0 Å². The fraction of sp³-hybridized carbons (Fsp3) is 0.962. The molecule has 14 N–H and O–H groups in total. The van der Waals surface area contributed by atoms with E-state index >= 15 is 0 Å². The number of nitrogens with one attached hydrogen (secondary N) is 1. The molecule has 22 heteroatoms. The van der Waals surface area contributed by atoms with Crippen LogP contribution in [0.25, 0.3) is 0 Å². The van der Waals surface area contributed by atoms with Crippen molar-refractivity contribution in [2.45, 2.75) is 130 Å². The van der Waals surface area contributed by atoms with Gasteiger partial charge in [0, 0.05) is 6.92 Å². The van der Waals surface area contributed by atoms with Crippen LogP contribution in [0, 0.1) is 0 Å². The third-order valence-corrected chi connectivity index (χ3v) is 8.61. The predicted octanol–water partition coefficient (Wildman–Crippen LogP) is -9.61. The highest BCUT2D eigenvalue weighted by Gasteiger charge is 2.55. The summed E-state index contributed by atoms with van der Waals surface area (Å²) in [5.41, 5.74) is 0. The van der Waals surface area contributed by atoms with E-state index in [0.717, 1.165) is 6.92 Å². The molecule has 1 amide bonds. The monoisotopic (exact) mass is 707 g/mol. The molecule has 48 heavy (non-hydrogen) atoms. The molecule has 280 valence electrons. The van der Waals surface area contributed by atoms with Gasteiger partial charge in [-0.05, 0) is 0 Å². The Morgan fingerprint density at radius 1 is 0.500 bits per heavy atom. The van der Waals surface area contributed by atoms with Crippen LogP contribution in [0.4, 0.5) is 0 Å². The predicted molar refractivity (Wildman–Crippen MR) is 145 cm³/mol. The van der Waals surface area contributed by atoms with E-state index in [2.05, 4.69) is 5.32 Å². The molecule has 0 spiro atoms. The molecule has 0 aromatic carbocycles. The standard InChI is InChI=1S/C26H45NO21/c1-6(32)27-11-13(34)20(8(3-29)42-23(11)41)46-25-18(39)15(36)22(10(5-31)44-25)48-26-19(40)16(37)21(9(4-30)45-26)47-24-17(38)14(35)12(33)7(2-28)43-24/h7-26,28-31,33-41H,2-5H2,1H3,(H,27,32)/t7-,8-,9-,10-,11-,12+,13-,14+,15-,16-,17-,18-,19-,20-,21+,22+,23-,24-,25+,26+/m1/s1. The zero-order valence-corrected chi connectivity index (χ0v) is 25.5. The van der Waals surface area contributed by atoms with Crippen LogP contribution in [0.1, 0.15) is 6.92 Å². The first-order valence-electron chi connectivity index (χ1n) is 15.1. The lowest BCUT2D eigenvalue weighted by Gasteiger charge is -2.49. The number of aliphatic hydroxyl groups is 13. The highest BCUT2D eigenvalue weighted by molar-refractivity contribution is 5.73. The first-order chi connectivity index (χ1) is 22.7. The summed E-state index contributed by atoms with van der Waals surface area (Å²) < 4.78 is 38.2. The smallest absolute Gasteiger partial charge is 0.217 e. The second kappa shape index (κ2) is 16.8. The van der Waals surface area contributed by atoms with E-state index in [4.69, 9.17) is 33.2 Å². The van der Waals surface area contributed by atoms with Crippen molar-refractivity contribution in [3.63, 3.8) is 0 Å². The molecule has 0 radical (unpaired) electrons. The van der Waals surface area contributed by atoms with Gasteiger partial charge in [0.15, 0.2) is 25.2 Å². The third-order valence-electron chi connectivity index (χ3n) is 8.61. The van der Waals surface area contributed by atoms with Gasteiger partial charge in [-0.2, -0.15) is 0 Å². The van der Waals surface area contributed by atoms with Crippen molar-refractivity contribution in [1.29, 1.82) is 0 Å². The summed E-state index contributed by atoms with van der Waals surface area (Å²) in [5, 5.41) is 136. The number of hydrogen-bond donors (Lipinski definition) is 14. The summed E-state index contributed by atoms with van der Waals surface area (Å²) in [4.78, 5) is 11.6. The fourth-order valence-electron chi connectivity index (χ4n) is 5.95. The van der Waals surface area contributed by atoms with Gasteiger partial charge in [0.2, 0.25) is 5.91 Å². The molecule has 4 saturated heterocycles. The number of aliphatic hydroxyl groups excluding tert-OH is 13. The minimum absolute atomic E-state index is 0.653. The third kappa shape index (κ3) is 8.08. The minimum atomic E-state index is -2.03. The molecular weight excluding hydrogens is 662 g/mol. The van der Waals surface area contributed by atoms with E-state index in [0.29, 0.717) is 0 Å². The van der Waals surface area contributed by atoms with Crippen LogP contribution in [0.5, 0.6) is 0 Å². The van der Waals surface area contributed by atoms with Gasteiger partial charge in [0.05, 0.1) is 26.4 Å². The van der Waals surface area contributed by atoms with Gasteiger partial charge in [-0.25, -0.2) is 0 Å². The topological polar surface area (TPSA) is 357 Å². The van der Waals surface area contributed by atoms with E-state index < -0.39 is 155 Å². The molecule has 4 fully saturated rings. The van der Waals surface area contributed by atoms with Gasteiger partial charge < -0.3 is 105 Å². The molecule has 0 bridgehead atoms. The van der Waals surface area contributed by atoms with E-state index in [1.807, 2.05) is 0 Å². The van der Waals surface area contributed by atoms with Crippen LogP contribution in [0.3, 0.4) is 0 Å². The number of carbonyl (C=O) groups excluding carboxylic acids is 1. The first-order valence-corrected chi connectivity index (χ1v) is 15.1. The molecule has 4 rings (SSSR count). The number of carbonyl (C=O) groups is 1. The van der Waals surface area contributed by atoms with E-state index in [1.165, 1.54) is 0 Å². The molecule has 0 aromatic heterocycles. The molecule has 22 nitrogen and oxygen atoms in total. The van der Waals surface area contributed by atoms with E-state index in [-0.39, 0.29) is 0 Å². The summed E-state index contributed by atoms with van der Waals surface area (Å²) in [5.74, 6) is -0.653. The minimum Gasteiger partial charge on any atom is -0.394 e. The van der Waals surface area contributed by atoms with Crippen LogP contribution in [-0.4, -0.2) is 221 Å². The zero-order valence-electron chi connectivity index (χ0n) is 25.5. The van der Waals surface area contributed by atoms with Crippen LogP contribution in [0.2, 0.25) is 0 Å². The fourth-order valence-corrected chi connectivity index (χ4v) is 5.95. The summed E-state index contributed by atoms with van der Waals surface area (Å²) in [6.07, 6.45) is -33.3. The van der Waals surface area contributed by atoms with Gasteiger partial charge in [0.25, 0.3) is 0 Å². The highest BCUT2D eigenvalue weighted by atomic mass is 16.8. The Morgan fingerprint density at radius 3 is 1.25 bits per heavy atom. The first kappa shape index (κ1) is 39.5. The second-order valence-corrected chi connectivity index (χ2v) is 11.9. The normalized spacial score (nSPS) is 50.2. The zero-order chi connectivity index (χ0) is 35.6. The van der Waals surface area contributed by atoms with Crippen LogP contribution in [-0.2, 0) is 38.0 Å². The summed E-state index contributed by atoms with van der Waals surface area (Å²) in [6, 6.07) is -1.44. The van der Waals surface area contributed by atoms with Gasteiger partial charge in [-0.15, -0.1) is 0 Å². The average molecular weight is 708 g/mol. The molecule has 20 atom stereocenters. The van der Waals surface area contributed by atoms with Gasteiger partial charge in [0.1, 0.15) is 97.6 Å². The van der Waals surface area contributed by atoms with Crippen molar-refractivity contribution >= 4 is 5.91 Å². The van der Waals surface area contributed by atoms with Gasteiger partial charge in [-0.1, -0.05) is 0 Å². The number of hydrogen-bond acceptors (Lipinski definition) is 21. The van der Waals surface area contributed by atoms with Gasteiger partial charge in [-0.3, -0.25) is 4.79 Å². The molecular formula is C26H45NO21. The number of ether oxygens (including phenoxy) is 7. The van der Waals surface area contributed by atoms with Crippen LogP contribution >= 0.6 is 0 Å². The summed E-state index contributed by atoms with van der Waals surface area (Å²) in [7, 11) is 0. The largest absolute Gasteiger partial charge is 0.394 e. The Kier molecular flexibility index (Phi) is 13.8. The molecule has 4 aliphatic heterocycles.